The van der Waals surface area contributed by atoms with Crippen molar-refractivity contribution in [2.75, 3.05) is 6.61 Å². The van der Waals surface area contributed by atoms with Gasteiger partial charge in [-0.1, -0.05) is 43.3 Å². The van der Waals surface area contributed by atoms with Gasteiger partial charge in [0.2, 0.25) is 5.88 Å². The Balaban J connectivity index is 1.51. The highest BCUT2D eigenvalue weighted by Crippen LogP contribution is 2.32. The van der Waals surface area contributed by atoms with Crippen LogP contribution in [0.3, 0.4) is 0 Å². The number of benzene rings is 2. The molecule has 2 aromatic heterocycles. The number of hydrogen-bond acceptors (Lipinski definition) is 5. The van der Waals surface area contributed by atoms with Crippen LogP contribution in [0.4, 0.5) is 0 Å². The molecule has 2 heterocycles. The van der Waals surface area contributed by atoms with Crippen molar-refractivity contribution in [3.05, 3.63) is 90.3 Å². The average molecular weight is 413 g/mol. The number of pyridine rings is 2. The molecule has 0 atom stereocenters. The number of aromatic nitrogens is 2. The third-order valence-corrected chi connectivity index (χ3v) is 4.70. The molecule has 6 heteroatoms. The topological polar surface area (TPSA) is 73.3 Å². The molecular formula is C25H23N3O3. The van der Waals surface area contributed by atoms with Crippen molar-refractivity contribution >= 4 is 16.8 Å². The summed E-state index contributed by atoms with van der Waals surface area (Å²) in [5.41, 5.74) is 2.12. The number of nitrogens with zero attached hydrogens (tertiary/aromatic N) is 2. The molecule has 6 nitrogen and oxygen atoms in total. The third-order valence-electron chi connectivity index (χ3n) is 4.70. The highest BCUT2D eigenvalue weighted by Gasteiger charge is 2.14. The molecule has 156 valence electrons. The Hall–Kier alpha value is -3.93. The summed E-state index contributed by atoms with van der Waals surface area (Å²) in [5.74, 6) is 1.49. The van der Waals surface area contributed by atoms with Crippen molar-refractivity contribution in [1.82, 2.24) is 15.3 Å². The van der Waals surface area contributed by atoms with Crippen molar-refractivity contribution in [3.8, 4) is 17.4 Å². The minimum absolute atomic E-state index is 0.180. The van der Waals surface area contributed by atoms with E-state index in [1.54, 1.807) is 18.5 Å². The quantitative estimate of drug-likeness (QED) is 0.433. The van der Waals surface area contributed by atoms with Crippen molar-refractivity contribution < 1.29 is 14.3 Å². The fraction of sp³-hybridized carbons (Fsp3) is 0.160. The number of ether oxygens (including phenoxy) is 2. The van der Waals surface area contributed by atoms with Crippen LogP contribution in [0, 0.1) is 0 Å². The smallest absolute Gasteiger partial charge is 0.252 e. The van der Waals surface area contributed by atoms with Crippen LogP contribution in [-0.2, 0) is 6.54 Å². The van der Waals surface area contributed by atoms with E-state index in [-0.39, 0.29) is 12.5 Å². The number of rotatable bonds is 8. The first kappa shape index (κ1) is 20.3. The van der Waals surface area contributed by atoms with E-state index in [9.17, 15) is 4.79 Å². The number of hydrogen-bond donors (Lipinski definition) is 1. The van der Waals surface area contributed by atoms with Crippen LogP contribution >= 0.6 is 0 Å². The first-order valence-electron chi connectivity index (χ1n) is 10.2. The van der Waals surface area contributed by atoms with Gasteiger partial charge in [-0.2, -0.15) is 0 Å². The number of nitrogens with one attached hydrogen (secondary N) is 1. The molecule has 0 unspecified atom stereocenters. The molecule has 4 rings (SSSR count). The maximum Gasteiger partial charge on any atom is 0.252 e. The van der Waals surface area contributed by atoms with Crippen molar-refractivity contribution in [2.45, 2.75) is 19.9 Å². The van der Waals surface area contributed by atoms with Gasteiger partial charge in [0.15, 0.2) is 11.5 Å². The van der Waals surface area contributed by atoms with E-state index in [0.29, 0.717) is 29.5 Å². The second-order valence-corrected chi connectivity index (χ2v) is 6.92. The summed E-state index contributed by atoms with van der Waals surface area (Å²) in [7, 11) is 0. The van der Waals surface area contributed by atoms with Crippen molar-refractivity contribution in [1.29, 1.82) is 0 Å². The lowest BCUT2D eigenvalue weighted by molar-refractivity contribution is 0.0952. The van der Waals surface area contributed by atoms with E-state index in [2.05, 4.69) is 22.2 Å². The van der Waals surface area contributed by atoms with E-state index in [1.807, 2.05) is 60.7 Å². The Labute approximate surface area is 180 Å². The zero-order valence-electron chi connectivity index (χ0n) is 17.2. The number of carbonyl (C=O) groups excluding carboxylic acids is 1. The molecule has 2 aromatic carbocycles. The average Bonchev–Trinajstić information content (AvgIpc) is 2.82. The van der Waals surface area contributed by atoms with Crippen molar-refractivity contribution in [3.63, 3.8) is 0 Å². The van der Waals surface area contributed by atoms with Gasteiger partial charge in [-0.3, -0.25) is 9.78 Å². The fourth-order valence-corrected chi connectivity index (χ4v) is 3.19. The van der Waals surface area contributed by atoms with E-state index in [0.717, 1.165) is 22.9 Å². The molecule has 0 radical (unpaired) electrons. The highest BCUT2D eigenvalue weighted by atomic mass is 16.5. The lowest BCUT2D eigenvalue weighted by atomic mass is 10.1. The molecule has 0 fully saturated rings. The number of amides is 1. The Kier molecular flexibility index (Phi) is 6.38. The van der Waals surface area contributed by atoms with Gasteiger partial charge in [0.25, 0.3) is 5.91 Å². The largest absolute Gasteiger partial charge is 0.490 e. The predicted octanol–water partition coefficient (Wildman–Crippen LogP) is 5.14. The highest BCUT2D eigenvalue weighted by molar-refractivity contribution is 6.05. The molecule has 31 heavy (non-hydrogen) atoms. The van der Waals surface area contributed by atoms with Gasteiger partial charge in [0, 0.05) is 29.9 Å². The normalized spacial score (nSPS) is 10.6. The van der Waals surface area contributed by atoms with Crippen LogP contribution in [0.5, 0.6) is 17.4 Å². The molecule has 0 bridgehead atoms. The van der Waals surface area contributed by atoms with Crippen LogP contribution in [0.25, 0.3) is 10.9 Å². The molecule has 0 saturated heterocycles. The third kappa shape index (κ3) is 4.80. The predicted molar refractivity (Wildman–Crippen MR) is 119 cm³/mol. The summed E-state index contributed by atoms with van der Waals surface area (Å²) >= 11 is 0. The Morgan fingerprint density at radius 2 is 1.71 bits per heavy atom. The summed E-state index contributed by atoms with van der Waals surface area (Å²) < 4.78 is 11.8. The zero-order valence-corrected chi connectivity index (χ0v) is 17.2. The van der Waals surface area contributed by atoms with Gasteiger partial charge < -0.3 is 14.8 Å². The molecular weight excluding hydrogens is 390 g/mol. The van der Waals surface area contributed by atoms with Gasteiger partial charge in [-0.05, 0) is 36.8 Å². The fourth-order valence-electron chi connectivity index (χ4n) is 3.19. The molecule has 0 aliphatic heterocycles. The van der Waals surface area contributed by atoms with E-state index >= 15 is 0 Å². The molecule has 0 spiro atoms. The monoisotopic (exact) mass is 413 g/mol. The lowest BCUT2D eigenvalue weighted by Crippen LogP contribution is -2.23. The minimum atomic E-state index is -0.180. The van der Waals surface area contributed by atoms with Crippen LogP contribution in [-0.4, -0.2) is 22.5 Å². The molecule has 1 N–H and O–H groups in total. The standard InChI is InChI=1S/C25H23N3O3/c1-2-16-30-22-11-5-6-12-23(22)31-25-18(8-7-14-27-25)17-28-24(29)20-13-15-26-21-10-4-3-9-19(20)21/h3-15H,2,16-17H2,1H3,(H,28,29). The minimum Gasteiger partial charge on any atom is -0.490 e. The maximum atomic E-state index is 12.9. The second-order valence-electron chi connectivity index (χ2n) is 6.92. The zero-order chi connectivity index (χ0) is 21.5. The number of para-hydroxylation sites is 3. The summed E-state index contributed by atoms with van der Waals surface area (Å²) in [6.45, 7) is 2.93. The maximum absolute atomic E-state index is 12.9. The van der Waals surface area contributed by atoms with E-state index < -0.39 is 0 Å². The van der Waals surface area contributed by atoms with E-state index in [4.69, 9.17) is 9.47 Å². The van der Waals surface area contributed by atoms with E-state index in [1.165, 1.54) is 0 Å². The Bertz CT molecular complexity index is 1190. The van der Waals surface area contributed by atoms with Crippen LogP contribution in [0.1, 0.15) is 29.3 Å². The van der Waals surface area contributed by atoms with Gasteiger partial charge in [0.1, 0.15) is 0 Å². The van der Waals surface area contributed by atoms with Crippen molar-refractivity contribution in [2.24, 2.45) is 0 Å². The number of fused-ring (bicyclic) bond motifs is 1. The summed E-state index contributed by atoms with van der Waals surface area (Å²) in [6.07, 6.45) is 4.20. The second kappa shape index (κ2) is 9.71. The summed E-state index contributed by atoms with van der Waals surface area (Å²) in [5, 5.41) is 3.78. The summed E-state index contributed by atoms with van der Waals surface area (Å²) in [4.78, 5) is 21.5. The van der Waals surface area contributed by atoms with Gasteiger partial charge >= 0.3 is 0 Å². The van der Waals surface area contributed by atoms with Crippen LogP contribution in [0.15, 0.2) is 79.1 Å². The van der Waals surface area contributed by atoms with Crippen LogP contribution in [0.2, 0.25) is 0 Å². The van der Waals surface area contributed by atoms with Crippen LogP contribution < -0.4 is 14.8 Å². The first-order valence-corrected chi connectivity index (χ1v) is 10.2. The Morgan fingerprint density at radius 3 is 2.58 bits per heavy atom. The molecule has 1 amide bonds. The SMILES string of the molecule is CCCOc1ccccc1Oc1ncccc1CNC(=O)c1ccnc2ccccc12. The lowest BCUT2D eigenvalue weighted by Gasteiger charge is -2.14. The first-order chi connectivity index (χ1) is 15.3. The Morgan fingerprint density at radius 1 is 0.903 bits per heavy atom. The number of carbonyl (C=O) groups is 1. The summed E-state index contributed by atoms with van der Waals surface area (Å²) in [6, 6.07) is 20.5. The van der Waals surface area contributed by atoms with Gasteiger partial charge in [-0.15, -0.1) is 0 Å². The molecule has 0 aliphatic carbocycles. The van der Waals surface area contributed by atoms with Gasteiger partial charge in [0.05, 0.1) is 17.7 Å². The molecule has 4 aromatic rings. The molecule has 0 aliphatic rings. The molecule has 0 saturated carbocycles. The van der Waals surface area contributed by atoms with Gasteiger partial charge in [-0.25, -0.2) is 4.98 Å².